The molecule has 2 heterocycles. The maximum absolute atomic E-state index is 12.9. The van der Waals surface area contributed by atoms with Gasteiger partial charge in [-0.2, -0.15) is 4.31 Å². The van der Waals surface area contributed by atoms with Crippen LogP contribution in [0.5, 0.6) is 0 Å². The lowest BCUT2D eigenvalue weighted by Gasteiger charge is -2.21. The highest BCUT2D eigenvalue weighted by Crippen LogP contribution is 2.37. The first-order valence-electron chi connectivity index (χ1n) is 6.65. The second-order valence-corrected chi connectivity index (χ2v) is 9.61. The lowest BCUT2D eigenvalue weighted by molar-refractivity contribution is 0.398. The van der Waals surface area contributed by atoms with Crippen molar-refractivity contribution in [1.29, 1.82) is 0 Å². The van der Waals surface area contributed by atoms with E-state index in [9.17, 15) is 8.42 Å². The van der Waals surface area contributed by atoms with Crippen molar-refractivity contribution in [2.75, 3.05) is 0 Å². The Hall–Kier alpha value is -0.760. The molecule has 0 unspecified atom stereocenters. The Bertz CT molecular complexity index is 740. The molecule has 0 radical (unpaired) electrons. The van der Waals surface area contributed by atoms with Crippen molar-refractivity contribution in [2.45, 2.75) is 37.2 Å². The minimum absolute atomic E-state index is 0.119. The number of hydrogen-bond donors (Lipinski definition) is 0. The smallest absolute Gasteiger partial charge is 0.244 e. The number of nitrogens with zero attached hydrogens (tertiary/aromatic N) is 2. The molecule has 0 aromatic carbocycles. The zero-order valence-corrected chi connectivity index (χ0v) is 14.7. The third-order valence-electron chi connectivity index (χ3n) is 3.44. The molecule has 0 atom stereocenters. The maximum atomic E-state index is 12.9. The standard InChI is InChI=1S/C14H15BrN2O2S2/c1-10-13(7-14(15)20-10)21(18,19)17(12-4-5-12)9-11-3-2-6-16-8-11/h2-3,6-8,12H,4-5,9H2,1H3. The van der Waals surface area contributed by atoms with Gasteiger partial charge in [0.2, 0.25) is 10.0 Å². The summed E-state index contributed by atoms with van der Waals surface area (Å²) in [5.74, 6) is 0. The highest BCUT2D eigenvalue weighted by Gasteiger charge is 2.39. The third kappa shape index (κ3) is 3.21. The van der Waals surface area contributed by atoms with Crippen LogP contribution < -0.4 is 0 Å². The minimum Gasteiger partial charge on any atom is -0.264 e. The molecule has 0 spiro atoms. The van der Waals surface area contributed by atoms with Crippen LogP contribution in [-0.4, -0.2) is 23.7 Å². The van der Waals surface area contributed by atoms with E-state index in [2.05, 4.69) is 20.9 Å². The van der Waals surface area contributed by atoms with Crippen molar-refractivity contribution in [1.82, 2.24) is 9.29 Å². The minimum atomic E-state index is -3.46. The Morgan fingerprint density at radius 1 is 1.48 bits per heavy atom. The topological polar surface area (TPSA) is 50.3 Å². The van der Waals surface area contributed by atoms with E-state index in [1.165, 1.54) is 11.3 Å². The SMILES string of the molecule is Cc1sc(Br)cc1S(=O)(=O)N(Cc1cccnc1)C1CC1. The number of aromatic nitrogens is 1. The van der Waals surface area contributed by atoms with E-state index in [1.807, 2.05) is 19.1 Å². The Morgan fingerprint density at radius 2 is 2.24 bits per heavy atom. The average molecular weight is 387 g/mol. The molecule has 2 aromatic heterocycles. The molecule has 1 fully saturated rings. The van der Waals surface area contributed by atoms with Crippen molar-refractivity contribution < 1.29 is 8.42 Å². The van der Waals surface area contributed by atoms with Gasteiger partial charge in [0, 0.05) is 29.9 Å². The molecule has 0 aliphatic heterocycles. The van der Waals surface area contributed by atoms with Gasteiger partial charge >= 0.3 is 0 Å². The maximum Gasteiger partial charge on any atom is 0.244 e. The summed E-state index contributed by atoms with van der Waals surface area (Å²) in [6.07, 6.45) is 5.29. The molecule has 0 bridgehead atoms. The largest absolute Gasteiger partial charge is 0.264 e. The van der Waals surface area contributed by atoms with Crippen molar-refractivity contribution in [3.63, 3.8) is 0 Å². The van der Waals surface area contributed by atoms with Gasteiger partial charge in [0.05, 0.1) is 8.68 Å². The van der Waals surface area contributed by atoms with Gasteiger partial charge in [0.1, 0.15) is 0 Å². The van der Waals surface area contributed by atoms with E-state index in [-0.39, 0.29) is 6.04 Å². The predicted octanol–water partition coefficient (Wildman–Crippen LogP) is 3.57. The van der Waals surface area contributed by atoms with Gasteiger partial charge in [-0.1, -0.05) is 6.07 Å². The Morgan fingerprint density at radius 3 is 2.76 bits per heavy atom. The van der Waals surface area contributed by atoms with Crippen LogP contribution in [0.25, 0.3) is 0 Å². The molecule has 0 N–H and O–H groups in total. The molecule has 0 amide bonds. The van der Waals surface area contributed by atoms with Crippen molar-refractivity contribution in [3.05, 3.63) is 44.8 Å². The van der Waals surface area contributed by atoms with Crippen molar-refractivity contribution >= 4 is 37.3 Å². The van der Waals surface area contributed by atoms with E-state index >= 15 is 0 Å². The number of sulfonamides is 1. The molecule has 1 aliphatic rings. The first-order valence-corrected chi connectivity index (χ1v) is 9.70. The molecule has 1 saturated carbocycles. The monoisotopic (exact) mass is 386 g/mol. The number of pyridine rings is 1. The number of thiophene rings is 1. The van der Waals surface area contributed by atoms with Crippen LogP contribution in [0.3, 0.4) is 0 Å². The second-order valence-electron chi connectivity index (χ2n) is 5.11. The molecule has 2 aromatic rings. The summed E-state index contributed by atoms with van der Waals surface area (Å²) in [7, 11) is -3.46. The molecule has 4 nitrogen and oxygen atoms in total. The molecule has 21 heavy (non-hydrogen) atoms. The predicted molar refractivity (Wildman–Crippen MR) is 86.7 cm³/mol. The van der Waals surface area contributed by atoms with Crippen LogP contribution in [0.1, 0.15) is 23.3 Å². The number of halogens is 1. The fourth-order valence-electron chi connectivity index (χ4n) is 2.26. The normalized spacial score (nSPS) is 15.6. The van der Waals surface area contributed by atoms with Crippen LogP contribution in [-0.2, 0) is 16.6 Å². The number of aryl methyl sites for hydroxylation is 1. The van der Waals surface area contributed by atoms with Crippen LogP contribution in [0.15, 0.2) is 39.3 Å². The summed E-state index contributed by atoms with van der Waals surface area (Å²) in [4.78, 5) is 5.30. The van der Waals surface area contributed by atoms with Gasteiger partial charge in [0.15, 0.2) is 0 Å². The van der Waals surface area contributed by atoms with Crippen molar-refractivity contribution in [3.8, 4) is 0 Å². The van der Waals surface area contributed by atoms with E-state index in [1.54, 1.807) is 22.8 Å². The quantitative estimate of drug-likeness (QED) is 0.788. The van der Waals surface area contributed by atoms with Gasteiger partial charge in [-0.3, -0.25) is 4.98 Å². The summed E-state index contributed by atoms with van der Waals surface area (Å²) in [6, 6.07) is 5.56. The van der Waals surface area contributed by atoms with Gasteiger partial charge in [-0.05, 0) is 53.4 Å². The van der Waals surface area contributed by atoms with E-state index in [0.717, 1.165) is 27.1 Å². The molecule has 1 aliphatic carbocycles. The first kappa shape index (κ1) is 15.1. The van der Waals surface area contributed by atoms with Crippen molar-refractivity contribution in [2.24, 2.45) is 0 Å². The Kier molecular flexibility index (Phi) is 4.18. The zero-order valence-electron chi connectivity index (χ0n) is 11.5. The Balaban J connectivity index is 1.95. The summed E-state index contributed by atoms with van der Waals surface area (Å²) in [5, 5.41) is 0. The molecule has 7 heteroatoms. The van der Waals surface area contributed by atoms with Gasteiger partial charge in [0.25, 0.3) is 0 Å². The fourth-order valence-corrected chi connectivity index (χ4v) is 6.32. The summed E-state index contributed by atoms with van der Waals surface area (Å²) in [6.45, 7) is 2.23. The first-order chi connectivity index (χ1) is 9.98. The fraction of sp³-hybridized carbons (Fsp3) is 0.357. The lowest BCUT2D eigenvalue weighted by Crippen LogP contribution is -2.32. The van der Waals surface area contributed by atoms with E-state index in [0.29, 0.717) is 11.4 Å². The van der Waals surface area contributed by atoms with Gasteiger partial charge < -0.3 is 0 Å². The summed E-state index contributed by atoms with van der Waals surface area (Å²) >= 11 is 4.82. The molecule has 112 valence electrons. The van der Waals surface area contributed by atoms with Crippen LogP contribution in [0.2, 0.25) is 0 Å². The molecular weight excluding hydrogens is 372 g/mol. The number of rotatable bonds is 5. The van der Waals surface area contributed by atoms with Crippen LogP contribution in [0.4, 0.5) is 0 Å². The molecule has 3 rings (SSSR count). The third-order valence-corrected chi connectivity index (χ3v) is 7.15. The van der Waals surface area contributed by atoms with E-state index in [4.69, 9.17) is 0 Å². The average Bonchev–Trinajstić information content (AvgIpc) is 3.21. The summed E-state index contributed by atoms with van der Waals surface area (Å²) in [5.41, 5.74) is 0.917. The number of hydrogen-bond acceptors (Lipinski definition) is 4. The highest BCUT2D eigenvalue weighted by atomic mass is 79.9. The van der Waals surface area contributed by atoms with E-state index < -0.39 is 10.0 Å². The Labute approximate surface area is 137 Å². The van der Waals surface area contributed by atoms with Gasteiger partial charge in [-0.25, -0.2) is 8.42 Å². The molecule has 0 saturated heterocycles. The highest BCUT2D eigenvalue weighted by molar-refractivity contribution is 9.11. The lowest BCUT2D eigenvalue weighted by atomic mass is 10.3. The van der Waals surface area contributed by atoms with Gasteiger partial charge in [-0.15, -0.1) is 11.3 Å². The summed E-state index contributed by atoms with van der Waals surface area (Å²) < 4.78 is 28.3. The zero-order chi connectivity index (χ0) is 15.0. The van der Waals surface area contributed by atoms with Crippen LogP contribution >= 0.6 is 27.3 Å². The van der Waals surface area contributed by atoms with Crippen LogP contribution in [0, 0.1) is 6.92 Å². The molecular formula is C14H15BrN2O2S2. The second kappa shape index (κ2) is 5.79.